The minimum atomic E-state index is -0.677. The maximum absolute atomic E-state index is 12.9. The molecule has 11 nitrogen and oxygen atoms in total. The molecule has 2 aromatic carbocycles. The molecule has 43 heavy (non-hydrogen) atoms. The summed E-state index contributed by atoms with van der Waals surface area (Å²) in [5.41, 5.74) is 8.28. The number of hydrogen-bond acceptors (Lipinski definition) is 8. The van der Waals surface area contributed by atoms with Crippen LogP contribution in [0.4, 0.5) is 23.1 Å². The van der Waals surface area contributed by atoms with E-state index in [0.29, 0.717) is 52.9 Å². The Labute approximate surface area is 252 Å². The van der Waals surface area contributed by atoms with Crippen LogP contribution in [0, 0.1) is 11.8 Å². The number of nitrogens with two attached hydrogens (primary N) is 1. The zero-order valence-electron chi connectivity index (χ0n) is 25.1. The number of primary amides is 1. The Morgan fingerprint density at radius 1 is 1.05 bits per heavy atom. The number of aromatic nitrogens is 2. The number of anilines is 4. The van der Waals surface area contributed by atoms with Gasteiger partial charge < -0.3 is 31.5 Å². The Morgan fingerprint density at radius 2 is 1.79 bits per heavy atom. The summed E-state index contributed by atoms with van der Waals surface area (Å²) in [6.45, 7) is 5.05. The van der Waals surface area contributed by atoms with Crippen molar-refractivity contribution in [3.63, 3.8) is 0 Å². The van der Waals surface area contributed by atoms with Crippen LogP contribution in [0.15, 0.2) is 66.9 Å². The molecule has 1 atom stereocenters. The quantitative estimate of drug-likeness (QED) is 0.188. The van der Waals surface area contributed by atoms with E-state index in [9.17, 15) is 14.4 Å². The van der Waals surface area contributed by atoms with Crippen LogP contribution in [0.1, 0.15) is 41.8 Å². The third-order valence-corrected chi connectivity index (χ3v) is 6.27. The van der Waals surface area contributed by atoms with Gasteiger partial charge >= 0.3 is 0 Å². The molecule has 0 fully saturated rings. The summed E-state index contributed by atoms with van der Waals surface area (Å²) in [6.07, 6.45) is 5.75. The SMILES string of the molecule is CCCNc1nc(Nc2ccc(C(N)=O)cc2)ncc1C#Cc1cccc(NC(=O)C(C)N(C)C(=O)/C=C/CN(C)C)c1. The summed E-state index contributed by atoms with van der Waals surface area (Å²) >= 11 is 0. The van der Waals surface area contributed by atoms with Gasteiger partial charge in [-0.15, -0.1) is 0 Å². The van der Waals surface area contributed by atoms with Crippen molar-refractivity contribution in [1.29, 1.82) is 0 Å². The molecule has 224 valence electrons. The summed E-state index contributed by atoms with van der Waals surface area (Å²) in [6, 6.07) is 13.2. The molecule has 1 heterocycles. The third-order valence-electron chi connectivity index (χ3n) is 6.27. The number of nitrogens with one attached hydrogen (secondary N) is 3. The monoisotopic (exact) mass is 582 g/mol. The Morgan fingerprint density at radius 3 is 2.47 bits per heavy atom. The van der Waals surface area contributed by atoms with Gasteiger partial charge in [0.1, 0.15) is 11.9 Å². The van der Waals surface area contributed by atoms with E-state index in [1.165, 1.54) is 11.0 Å². The molecule has 0 bridgehead atoms. The number of likely N-dealkylation sites (N-methyl/N-ethyl adjacent to an activating group) is 2. The summed E-state index contributed by atoms with van der Waals surface area (Å²) in [7, 11) is 5.42. The van der Waals surface area contributed by atoms with Gasteiger partial charge in [0.05, 0.1) is 11.8 Å². The lowest BCUT2D eigenvalue weighted by Gasteiger charge is -2.23. The van der Waals surface area contributed by atoms with E-state index < -0.39 is 11.9 Å². The van der Waals surface area contributed by atoms with Crippen LogP contribution in [0.5, 0.6) is 0 Å². The normalized spacial score (nSPS) is 11.4. The van der Waals surface area contributed by atoms with Crippen molar-refractivity contribution in [2.24, 2.45) is 5.73 Å². The van der Waals surface area contributed by atoms with Crippen LogP contribution in [0.25, 0.3) is 0 Å². The van der Waals surface area contributed by atoms with E-state index in [2.05, 4.69) is 44.7 Å². The van der Waals surface area contributed by atoms with Crippen LogP contribution in [-0.2, 0) is 9.59 Å². The van der Waals surface area contributed by atoms with Crippen LogP contribution in [0.2, 0.25) is 0 Å². The fraction of sp³-hybridized carbons (Fsp3) is 0.281. The average molecular weight is 583 g/mol. The fourth-order valence-corrected chi connectivity index (χ4v) is 3.67. The highest BCUT2D eigenvalue weighted by Gasteiger charge is 2.21. The molecule has 1 unspecified atom stereocenters. The molecular weight excluding hydrogens is 544 g/mol. The Hall–Kier alpha value is -5.21. The fourth-order valence-electron chi connectivity index (χ4n) is 3.67. The molecule has 3 rings (SSSR count). The van der Waals surface area contributed by atoms with Crippen molar-refractivity contribution >= 4 is 40.9 Å². The van der Waals surface area contributed by atoms with Gasteiger partial charge in [0.25, 0.3) is 0 Å². The molecule has 0 aliphatic heterocycles. The molecular formula is C32H38N8O3. The molecule has 0 saturated heterocycles. The molecule has 0 aliphatic rings. The third kappa shape index (κ3) is 9.98. The summed E-state index contributed by atoms with van der Waals surface area (Å²) in [5, 5.41) is 9.27. The summed E-state index contributed by atoms with van der Waals surface area (Å²) < 4.78 is 0. The van der Waals surface area contributed by atoms with E-state index in [0.717, 1.165) is 6.42 Å². The van der Waals surface area contributed by atoms with Crippen LogP contribution >= 0.6 is 0 Å². The Bertz CT molecular complexity index is 1520. The first-order valence-electron chi connectivity index (χ1n) is 13.9. The first-order chi connectivity index (χ1) is 20.6. The smallest absolute Gasteiger partial charge is 0.248 e. The van der Waals surface area contributed by atoms with Crippen molar-refractivity contribution in [3.8, 4) is 11.8 Å². The Kier molecular flexibility index (Phi) is 11.8. The van der Waals surface area contributed by atoms with Crippen LogP contribution in [-0.4, -0.2) is 77.8 Å². The molecule has 0 saturated carbocycles. The van der Waals surface area contributed by atoms with Gasteiger partial charge in [0, 0.05) is 48.7 Å². The van der Waals surface area contributed by atoms with Crippen LogP contribution < -0.4 is 21.7 Å². The first kappa shape index (κ1) is 32.3. The number of rotatable bonds is 12. The van der Waals surface area contributed by atoms with Gasteiger partial charge in [0.2, 0.25) is 23.7 Å². The molecule has 3 aromatic rings. The van der Waals surface area contributed by atoms with Crippen molar-refractivity contribution in [3.05, 3.63) is 83.6 Å². The Balaban J connectivity index is 1.72. The second-order valence-corrected chi connectivity index (χ2v) is 10.1. The van der Waals surface area contributed by atoms with E-state index >= 15 is 0 Å². The molecule has 5 N–H and O–H groups in total. The largest absolute Gasteiger partial charge is 0.369 e. The highest BCUT2D eigenvalue weighted by atomic mass is 16.2. The standard InChI is InChI=1S/C32H38N8O3/c1-6-18-34-30-25(21-35-32(38-30)37-26-16-14-24(15-17-26)29(33)42)13-12-23-9-7-10-27(20-23)36-31(43)22(2)40(5)28(41)11-8-19-39(3)4/h7-11,14-17,20-22H,6,18-19H2,1-5H3,(H2,33,42)(H,36,43)(H2,34,35,37,38)/b11-8+. The molecule has 0 aliphatic carbocycles. The average Bonchev–Trinajstić information content (AvgIpc) is 2.99. The minimum absolute atomic E-state index is 0.249. The first-order valence-corrected chi connectivity index (χ1v) is 13.9. The van der Waals surface area contributed by atoms with E-state index in [-0.39, 0.29) is 11.8 Å². The molecule has 0 spiro atoms. The highest BCUT2D eigenvalue weighted by Crippen LogP contribution is 2.18. The number of carbonyl (C=O) groups is 3. The van der Waals surface area contributed by atoms with Gasteiger partial charge in [0.15, 0.2) is 0 Å². The van der Waals surface area contributed by atoms with Crippen molar-refractivity contribution in [2.75, 3.05) is 50.2 Å². The number of hydrogen-bond donors (Lipinski definition) is 4. The van der Waals surface area contributed by atoms with Gasteiger partial charge in [-0.1, -0.05) is 30.9 Å². The molecule has 1 aromatic heterocycles. The summed E-state index contributed by atoms with van der Waals surface area (Å²) in [5.74, 6) is 6.12. The van der Waals surface area contributed by atoms with Crippen molar-refractivity contribution in [1.82, 2.24) is 19.8 Å². The maximum Gasteiger partial charge on any atom is 0.248 e. The highest BCUT2D eigenvalue weighted by molar-refractivity contribution is 5.98. The minimum Gasteiger partial charge on any atom is -0.369 e. The van der Waals surface area contributed by atoms with Gasteiger partial charge in [-0.2, -0.15) is 4.98 Å². The van der Waals surface area contributed by atoms with Crippen molar-refractivity contribution < 1.29 is 14.4 Å². The van der Waals surface area contributed by atoms with Crippen LogP contribution in [0.3, 0.4) is 0 Å². The second kappa shape index (κ2) is 15.7. The topological polar surface area (TPSA) is 146 Å². The summed E-state index contributed by atoms with van der Waals surface area (Å²) in [4.78, 5) is 48.9. The lowest BCUT2D eigenvalue weighted by atomic mass is 10.1. The number of benzene rings is 2. The maximum atomic E-state index is 12.9. The van der Waals surface area contributed by atoms with E-state index in [1.54, 1.807) is 68.7 Å². The molecule has 0 radical (unpaired) electrons. The van der Waals surface area contributed by atoms with Gasteiger partial charge in [-0.05, 0) is 69.9 Å². The van der Waals surface area contributed by atoms with Gasteiger partial charge in [-0.3, -0.25) is 14.4 Å². The lowest BCUT2D eigenvalue weighted by molar-refractivity contribution is -0.132. The zero-order chi connectivity index (χ0) is 31.4. The van der Waals surface area contributed by atoms with Crippen molar-refractivity contribution in [2.45, 2.75) is 26.3 Å². The molecule has 3 amide bonds. The predicted octanol–water partition coefficient (Wildman–Crippen LogP) is 3.44. The zero-order valence-corrected chi connectivity index (χ0v) is 25.1. The van der Waals surface area contributed by atoms with Gasteiger partial charge in [-0.25, -0.2) is 4.98 Å². The number of carbonyl (C=O) groups excluding carboxylic acids is 3. The number of nitrogens with zero attached hydrogens (tertiary/aromatic N) is 4. The second-order valence-electron chi connectivity index (χ2n) is 10.1. The van der Waals surface area contributed by atoms with E-state index in [1.807, 2.05) is 25.1 Å². The number of amides is 3. The predicted molar refractivity (Wildman–Crippen MR) is 170 cm³/mol. The lowest BCUT2D eigenvalue weighted by Crippen LogP contribution is -2.42. The molecule has 11 heteroatoms. The van der Waals surface area contributed by atoms with E-state index in [4.69, 9.17) is 5.73 Å².